The van der Waals surface area contributed by atoms with Gasteiger partial charge in [-0.2, -0.15) is 0 Å². The second-order valence-corrected chi connectivity index (χ2v) is 4.64. The maximum absolute atomic E-state index is 11.0. The number of hydrogen-bond donors (Lipinski definition) is 0. The van der Waals surface area contributed by atoms with Gasteiger partial charge in [0.05, 0.1) is 0 Å². The SMILES string of the molecule is O=C(Cl)C1CCC(c2ccccc2)CC1. The fourth-order valence-corrected chi connectivity index (χ4v) is 2.60. The Morgan fingerprint density at radius 3 is 2.20 bits per heavy atom. The van der Waals surface area contributed by atoms with Gasteiger partial charge in [-0.25, -0.2) is 0 Å². The molecule has 0 amide bonds. The Hall–Kier alpha value is -0.820. The molecule has 1 aliphatic carbocycles. The third-order valence-corrected chi connectivity index (χ3v) is 3.63. The lowest BCUT2D eigenvalue weighted by Gasteiger charge is -2.26. The van der Waals surface area contributed by atoms with Crippen LogP contribution in [0.4, 0.5) is 0 Å². The van der Waals surface area contributed by atoms with Gasteiger partial charge in [0.25, 0.3) is 0 Å². The van der Waals surface area contributed by atoms with Crippen LogP contribution in [-0.2, 0) is 4.79 Å². The third kappa shape index (κ3) is 2.60. The van der Waals surface area contributed by atoms with Crippen molar-refractivity contribution in [3.8, 4) is 0 Å². The molecule has 1 saturated carbocycles. The van der Waals surface area contributed by atoms with Gasteiger partial charge in [0.2, 0.25) is 5.24 Å². The van der Waals surface area contributed by atoms with Crippen molar-refractivity contribution in [3.63, 3.8) is 0 Å². The lowest BCUT2D eigenvalue weighted by atomic mass is 9.79. The molecule has 0 radical (unpaired) electrons. The van der Waals surface area contributed by atoms with E-state index < -0.39 is 0 Å². The van der Waals surface area contributed by atoms with Gasteiger partial charge >= 0.3 is 0 Å². The lowest BCUT2D eigenvalue weighted by Crippen LogP contribution is -2.17. The molecular formula is C13H15ClO. The molecule has 1 aliphatic rings. The van der Waals surface area contributed by atoms with Crippen LogP contribution in [0.1, 0.15) is 37.2 Å². The first-order valence-electron chi connectivity index (χ1n) is 5.51. The summed E-state index contributed by atoms with van der Waals surface area (Å²) >= 11 is 5.51. The number of halogens is 1. The molecule has 2 rings (SSSR count). The molecule has 1 fully saturated rings. The topological polar surface area (TPSA) is 17.1 Å². The van der Waals surface area contributed by atoms with E-state index in [0.717, 1.165) is 25.7 Å². The summed E-state index contributed by atoms with van der Waals surface area (Å²) in [5.74, 6) is 0.727. The highest BCUT2D eigenvalue weighted by Crippen LogP contribution is 2.36. The molecule has 0 saturated heterocycles. The summed E-state index contributed by atoms with van der Waals surface area (Å²) in [6, 6.07) is 10.5. The molecule has 0 N–H and O–H groups in total. The van der Waals surface area contributed by atoms with Gasteiger partial charge < -0.3 is 0 Å². The van der Waals surface area contributed by atoms with Crippen LogP contribution >= 0.6 is 11.6 Å². The van der Waals surface area contributed by atoms with E-state index in [1.165, 1.54) is 5.56 Å². The molecule has 15 heavy (non-hydrogen) atoms. The van der Waals surface area contributed by atoms with Crippen LogP contribution in [0.3, 0.4) is 0 Å². The Balaban J connectivity index is 1.97. The van der Waals surface area contributed by atoms with Crippen LogP contribution in [0.25, 0.3) is 0 Å². The Labute approximate surface area is 95.4 Å². The Bertz CT molecular complexity index is 326. The molecule has 0 bridgehead atoms. The van der Waals surface area contributed by atoms with Gasteiger partial charge in [0, 0.05) is 5.92 Å². The minimum Gasteiger partial charge on any atom is -0.281 e. The summed E-state index contributed by atoms with van der Waals surface area (Å²) in [5.41, 5.74) is 1.40. The highest BCUT2D eigenvalue weighted by Gasteiger charge is 2.25. The van der Waals surface area contributed by atoms with E-state index in [4.69, 9.17) is 11.6 Å². The largest absolute Gasteiger partial charge is 0.281 e. The molecule has 80 valence electrons. The van der Waals surface area contributed by atoms with E-state index in [0.29, 0.717) is 5.92 Å². The summed E-state index contributed by atoms with van der Waals surface area (Å²) in [7, 11) is 0. The quantitative estimate of drug-likeness (QED) is 0.697. The summed E-state index contributed by atoms with van der Waals surface area (Å²) in [5, 5.41) is -0.151. The van der Waals surface area contributed by atoms with Gasteiger partial charge in [0.1, 0.15) is 0 Å². The molecule has 0 heterocycles. The molecule has 1 aromatic carbocycles. The second kappa shape index (κ2) is 4.80. The van der Waals surface area contributed by atoms with Crippen LogP contribution in [0.2, 0.25) is 0 Å². The van der Waals surface area contributed by atoms with Gasteiger partial charge in [-0.1, -0.05) is 30.3 Å². The van der Waals surface area contributed by atoms with Crippen molar-refractivity contribution in [2.24, 2.45) is 5.92 Å². The normalized spacial score (nSPS) is 26.2. The Morgan fingerprint density at radius 1 is 1.07 bits per heavy atom. The van der Waals surface area contributed by atoms with Crippen molar-refractivity contribution in [3.05, 3.63) is 35.9 Å². The highest BCUT2D eigenvalue weighted by atomic mass is 35.5. The first-order chi connectivity index (χ1) is 7.27. The molecule has 0 atom stereocenters. The minimum absolute atomic E-state index is 0.103. The van der Waals surface area contributed by atoms with Crippen molar-refractivity contribution in [2.45, 2.75) is 31.6 Å². The zero-order valence-electron chi connectivity index (χ0n) is 8.66. The summed E-state index contributed by atoms with van der Waals surface area (Å²) in [4.78, 5) is 11.0. The van der Waals surface area contributed by atoms with Gasteiger partial charge in [0.15, 0.2) is 0 Å². The van der Waals surface area contributed by atoms with Gasteiger partial charge in [-0.15, -0.1) is 0 Å². The number of carbonyl (C=O) groups is 1. The van der Waals surface area contributed by atoms with Gasteiger partial charge in [-0.3, -0.25) is 4.79 Å². The molecule has 1 aromatic rings. The van der Waals surface area contributed by atoms with Crippen molar-refractivity contribution in [2.75, 3.05) is 0 Å². The van der Waals surface area contributed by atoms with Crippen molar-refractivity contribution in [1.29, 1.82) is 0 Å². The van der Waals surface area contributed by atoms with E-state index in [1.54, 1.807) is 0 Å². The second-order valence-electron chi connectivity index (χ2n) is 4.26. The molecular weight excluding hydrogens is 208 g/mol. The molecule has 1 nitrogen and oxygen atoms in total. The van der Waals surface area contributed by atoms with Crippen molar-refractivity contribution in [1.82, 2.24) is 0 Å². The molecule has 2 heteroatoms. The molecule has 0 aromatic heterocycles. The zero-order chi connectivity index (χ0) is 10.7. The first kappa shape index (κ1) is 10.7. The summed E-state index contributed by atoms with van der Waals surface area (Å²) in [6.07, 6.45) is 4.07. The number of hydrogen-bond acceptors (Lipinski definition) is 1. The predicted octanol–water partition coefficient (Wildman–Crippen LogP) is 3.73. The average molecular weight is 223 g/mol. The summed E-state index contributed by atoms with van der Waals surface area (Å²) in [6.45, 7) is 0. The van der Waals surface area contributed by atoms with Crippen LogP contribution in [0.15, 0.2) is 30.3 Å². The first-order valence-corrected chi connectivity index (χ1v) is 5.89. The van der Waals surface area contributed by atoms with E-state index >= 15 is 0 Å². The molecule has 0 unspecified atom stereocenters. The maximum Gasteiger partial charge on any atom is 0.224 e. The monoisotopic (exact) mass is 222 g/mol. The van der Waals surface area contributed by atoms with Crippen LogP contribution in [-0.4, -0.2) is 5.24 Å². The van der Waals surface area contributed by atoms with Crippen LogP contribution in [0.5, 0.6) is 0 Å². The average Bonchev–Trinajstić information content (AvgIpc) is 2.30. The predicted molar refractivity (Wildman–Crippen MR) is 62.0 cm³/mol. The highest BCUT2D eigenvalue weighted by molar-refractivity contribution is 6.63. The Kier molecular flexibility index (Phi) is 3.42. The number of benzene rings is 1. The van der Waals surface area contributed by atoms with Gasteiger partial charge in [-0.05, 0) is 48.8 Å². The van der Waals surface area contributed by atoms with E-state index in [-0.39, 0.29) is 11.2 Å². The van der Waals surface area contributed by atoms with E-state index in [1.807, 2.05) is 6.07 Å². The van der Waals surface area contributed by atoms with E-state index in [9.17, 15) is 4.79 Å². The van der Waals surface area contributed by atoms with Crippen LogP contribution < -0.4 is 0 Å². The number of carbonyl (C=O) groups excluding carboxylic acids is 1. The van der Waals surface area contributed by atoms with Crippen LogP contribution in [0, 0.1) is 5.92 Å². The fourth-order valence-electron chi connectivity index (χ4n) is 2.38. The standard InChI is InChI=1S/C13H15ClO/c14-13(15)12-8-6-11(7-9-12)10-4-2-1-3-5-10/h1-5,11-12H,6-9H2. The lowest BCUT2D eigenvalue weighted by molar-refractivity contribution is -0.116. The summed E-state index contributed by atoms with van der Waals surface area (Å²) < 4.78 is 0. The Morgan fingerprint density at radius 2 is 1.67 bits per heavy atom. The molecule has 0 spiro atoms. The smallest absolute Gasteiger partial charge is 0.224 e. The molecule has 0 aliphatic heterocycles. The van der Waals surface area contributed by atoms with Crippen molar-refractivity contribution < 1.29 is 4.79 Å². The minimum atomic E-state index is -0.151. The van der Waals surface area contributed by atoms with Crippen molar-refractivity contribution >= 4 is 16.8 Å². The van der Waals surface area contributed by atoms with E-state index in [2.05, 4.69) is 24.3 Å². The zero-order valence-corrected chi connectivity index (χ0v) is 9.41. The number of rotatable bonds is 2. The maximum atomic E-state index is 11.0. The third-order valence-electron chi connectivity index (χ3n) is 3.32. The fraction of sp³-hybridized carbons (Fsp3) is 0.462.